The number of rotatable bonds is 2. The summed E-state index contributed by atoms with van der Waals surface area (Å²) in [7, 11) is -3.50. The molecular weight excluding hydrogens is 210 g/mol. The maximum absolute atomic E-state index is 10.8. The van der Waals surface area contributed by atoms with Crippen molar-refractivity contribution < 1.29 is 22.5 Å². The predicted octanol–water partition coefficient (Wildman–Crippen LogP) is 0.103. The van der Waals surface area contributed by atoms with Crippen LogP contribution in [0.5, 0.6) is 0 Å². The molecule has 14 heavy (non-hydrogen) atoms. The molecule has 0 unspecified atom stereocenters. The lowest BCUT2D eigenvalue weighted by atomic mass is 10.2. The van der Waals surface area contributed by atoms with Gasteiger partial charge in [0.05, 0.1) is 18.9 Å². The highest BCUT2D eigenvalue weighted by Gasteiger charge is 2.34. The van der Waals surface area contributed by atoms with Gasteiger partial charge in [-0.2, -0.15) is 8.42 Å². The minimum Gasteiger partial charge on any atom is -0.465 e. The fraction of sp³-hybridized carbons (Fsp3) is 0.857. The van der Waals surface area contributed by atoms with Crippen molar-refractivity contribution in [3.8, 4) is 0 Å². The standard InChI is InChI=1S/C7H13NO5S/c1-5-3-6(13-14(2,11)12)4-8(5)7(9)10/h5-6H,3-4H2,1-2H3,(H,9,10)/t5-,6-/m1/s1. The quantitative estimate of drug-likeness (QED) is 0.671. The van der Waals surface area contributed by atoms with Crippen molar-refractivity contribution in [3.05, 3.63) is 0 Å². The Bertz CT molecular complexity index is 325. The Morgan fingerprint density at radius 1 is 1.57 bits per heavy atom. The Morgan fingerprint density at radius 3 is 2.50 bits per heavy atom. The van der Waals surface area contributed by atoms with E-state index in [1.165, 1.54) is 4.90 Å². The zero-order chi connectivity index (χ0) is 10.9. The van der Waals surface area contributed by atoms with Crippen molar-refractivity contribution in [3.63, 3.8) is 0 Å². The topological polar surface area (TPSA) is 83.9 Å². The van der Waals surface area contributed by atoms with E-state index in [4.69, 9.17) is 9.29 Å². The van der Waals surface area contributed by atoms with Crippen LogP contribution in [-0.2, 0) is 14.3 Å². The molecule has 6 nitrogen and oxygen atoms in total. The highest BCUT2D eigenvalue weighted by atomic mass is 32.2. The molecule has 0 spiro atoms. The highest BCUT2D eigenvalue weighted by Crippen LogP contribution is 2.20. The number of hydrogen-bond acceptors (Lipinski definition) is 4. The Balaban J connectivity index is 2.60. The molecule has 1 rings (SSSR count). The second-order valence-electron chi connectivity index (χ2n) is 3.44. The van der Waals surface area contributed by atoms with Crippen molar-refractivity contribution in [1.82, 2.24) is 4.90 Å². The fourth-order valence-corrected chi connectivity index (χ4v) is 2.20. The molecule has 0 radical (unpaired) electrons. The third kappa shape index (κ3) is 2.85. The fourth-order valence-electron chi connectivity index (χ4n) is 1.57. The molecule has 0 saturated carbocycles. The van der Waals surface area contributed by atoms with Gasteiger partial charge in [-0.25, -0.2) is 4.79 Å². The average Bonchev–Trinajstić information content (AvgIpc) is 2.26. The van der Waals surface area contributed by atoms with Crippen LogP contribution >= 0.6 is 0 Å². The maximum Gasteiger partial charge on any atom is 0.407 e. The van der Waals surface area contributed by atoms with Crippen molar-refractivity contribution in [2.75, 3.05) is 12.8 Å². The largest absolute Gasteiger partial charge is 0.465 e. The van der Waals surface area contributed by atoms with Gasteiger partial charge in [0.25, 0.3) is 10.1 Å². The molecule has 2 atom stereocenters. The van der Waals surface area contributed by atoms with Gasteiger partial charge in [-0.05, 0) is 13.3 Å². The molecule has 82 valence electrons. The first kappa shape index (κ1) is 11.3. The molecular formula is C7H13NO5S. The van der Waals surface area contributed by atoms with Crippen molar-refractivity contribution in [2.45, 2.75) is 25.5 Å². The van der Waals surface area contributed by atoms with Crippen LogP contribution in [0.15, 0.2) is 0 Å². The monoisotopic (exact) mass is 223 g/mol. The molecule has 1 N–H and O–H groups in total. The Hall–Kier alpha value is -0.820. The average molecular weight is 223 g/mol. The molecule has 0 bridgehead atoms. The Kier molecular flexibility index (Phi) is 3.01. The van der Waals surface area contributed by atoms with Crippen LogP contribution < -0.4 is 0 Å². The SMILES string of the molecule is C[C@@H]1C[C@@H](OS(C)(=O)=O)CN1C(=O)O. The summed E-state index contributed by atoms with van der Waals surface area (Å²) in [5.41, 5.74) is 0. The normalized spacial score (nSPS) is 28.0. The lowest BCUT2D eigenvalue weighted by Gasteiger charge is -2.16. The number of carbonyl (C=O) groups is 1. The maximum atomic E-state index is 10.8. The lowest BCUT2D eigenvalue weighted by Crippen LogP contribution is -2.33. The third-order valence-corrected chi connectivity index (χ3v) is 2.71. The summed E-state index contributed by atoms with van der Waals surface area (Å²) < 4.78 is 26.3. The highest BCUT2D eigenvalue weighted by molar-refractivity contribution is 7.86. The minimum absolute atomic E-state index is 0.115. The second-order valence-corrected chi connectivity index (χ2v) is 5.04. The summed E-state index contributed by atoms with van der Waals surface area (Å²) in [6, 6.07) is -0.195. The predicted molar refractivity (Wildman–Crippen MR) is 48.5 cm³/mol. The van der Waals surface area contributed by atoms with Crippen molar-refractivity contribution in [2.24, 2.45) is 0 Å². The van der Waals surface area contributed by atoms with Crippen LogP contribution in [0, 0.1) is 0 Å². The second kappa shape index (κ2) is 3.74. The molecule has 0 aromatic carbocycles. The van der Waals surface area contributed by atoms with Gasteiger partial charge in [-0.1, -0.05) is 0 Å². The number of hydrogen-bond donors (Lipinski definition) is 1. The smallest absolute Gasteiger partial charge is 0.407 e. The van der Waals surface area contributed by atoms with Crippen LogP contribution in [0.2, 0.25) is 0 Å². The summed E-state index contributed by atoms with van der Waals surface area (Å²) in [4.78, 5) is 11.8. The van der Waals surface area contributed by atoms with Crippen LogP contribution in [0.4, 0.5) is 4.79 Å². The number of likely N-dealkylation sites (tertiary alicyclic amines) is 1. The summed E-state index contributed by atoms with van der Waals surface area (Å²) in [5, 5.41) is 8.72. The molecule has 1 aliphatic heterocycles. The van der Waals surface area contributed by atoms with Crippen LogP contribution in [0.3, 0.4) is 0 Å². The van der Waals surface area contributed by atoms with E-state index in [1.807, 2.05) is 0 Å². The zero-order valence-corrected chi connectivity index (χ0v) is 8.82. The van der Waals surface area contributed by atoms with E-state index >= 15 is 0 Å². The van der Waals surface area contributed by atoms with E-state index < -0.39 is 22.3 Å². The van der Waals surface area contributed by atoms with Gasteiger partial charge in [0.1, 0.15) is 0 Å². The summed E-state index contributed by atoms with van der Waals surface area (Å²) in [6.45, 7) is 1.84. The molecule has 1 saturated heterocycles. The van der Waals surface area contributed by atoms with Crippen molar-refractivity contribution in [1.29, 1.82) is 0 Å². The number of amides is 1. The first-order chi connectivity index (χ1) is 6.29. The molecule has 0 aliphatic carbocycles. The summed E-state index contributed by atoms with van der Waals surface area (Å²) in [5.74, 6) is 0. The van der Waals surface area contributed by atoms with Gasteiger partial charge >= 0.3 is 6.09 Å². The molecule has 0 aromatic rings. The Labute approximate surface area is 82.6 Å². The molecule has 1 heterocycles. The molecule has 1 aliphatic rings. The Morgan fingerprint density at radius 2 is 2.14 bits per heavy atom. The minimum atomic E-state index is -3.50. The molecule has 7 heteroatoms. The number of nitrogens with zero attached hydrogens (tertiary/aromatic N) is 1. The molecule has 1 fully saturated rings. The van der Waals surface area contributed by atoms with Gasteiger partial charge in [0.15, 0.2) is 0 Å². The van der Waals surface area contributed by atoms with Crippen molar-refractivity contribution >= 4 is 16.2 Å². The van der Waals surface area contributed by atoms with Crippen LogP contribution in [0.25, 0.3) is 0 Å². The first-order valence-electron chi connectivity index (χ1n) is 4.17. The van der Waals surface area contributed by atoms with E-state index in [2.05, 4.69) is 0 Å². The van der Waals surface area contributed by atoms with Gasteiger partial charge in [-0.3, -0.25) is 4.18 Å². The number of carboxylic acid groups (broad SMARTS) is 1. The van der Waals surface area contributed by atoms with Gasteiger partial charge in [0, 0.05) is 6.04 Å². The third-order valence-electron chi connectivity index (χ3n) is 2.09. The van der Waals surface area contributed by atoms with Crippen LogP contribution in [0.1, 0.15) is 13.3 Å². The molecule has 1 amide bonds. The van der Waals surface area contributed by atoms with E-state index in [0.29, 0.717) is 6.42 Å². The summed E-state index contributed by atoms with van der Waals surface area (Å²) >= 11 is 0. The van der Waals surface area contributed by atoms with Crippen LogP contribution in [-0.4, -0.2) is 49.5 Å². The summed E-state index contributed by atoms with van der Waals surface area (Å²) in [6.07, 6.45) is -0.214. The van der Waals surface area contributed by atoms with Gasteiger partial charge < -0.3 is 10.0 Å². The van der Waals surface area contributed by atoms with E-state index in [-0.39, 0.29) is 12.6 Å². The first-order valence-corrected chi connectivity index (χ1v) is 5.99. The molecule has 0 aromatic heterocycles. The van der Waals surface area contributed by atoms with Gasteiger partial charge in [-0.15, -0.1) is 0 Å². The lowest BCUT2D eigenvalue weighted by molar-refractivity contribution is 0.137. The van der Waals surface area contributed by atoms with E-state index in [9.17, 15) is 13.2 Å². The zero-order valence-electron chi connectivity index (χ0n) is 8.00. The van der Waals surface area contributed by atoms with E-state index in [0.717, 1.165) is 6.26 Å². The van der Waals surface area contributed by atoms with Gasteiger partial charge in [0.2, 0.25) is 0 Å². The van der Waals surface area contributed by atoms with E-state index in [1.54, 1.807) is 6.92 Å².